The van der Waals surface area contributed by atoms with Gasteiger partial charge in [-0.1, -0.05) is 6.07 Å². The lowest BCUT2D eigenvalue weighted by Crippen LogP contribution is -2.16. The van der Waals surface area contributed by atoms with Gasteiger partial charge in [0.1, 0.15) is 11.5 Å². The van der Waals surface area contributed by atoms with Crippen molar-refractivity contribution in [2.24, 2.45) is 0 Å². The third-order valence-corrected chi connectivity index (χ3v) is 2.42. The fraction of sp³-hybridized carbons (Fsp3) is 0.214. The summed E-state index contributed by atoms with van der Waals surface area (Å²) in [6.07, 6.45) is -4.70. The van der Waals surface area contributed by atoms with Crippen LogP contribution in [0.4, 0.5) is 13.2 Å². The van der Waals surface area contributed by atoms with Gasteiger partial charge in [-0.25, -0.2) is 4.98 Å². The third kappa shape index (κ3) is 4.96. The summed E-state index contributed by atoms with van der Waals surface area (Å²) in [5, 5.41) is 2.96. The van der Waals surface area contributed by atoms with Crippen LogP contribution in [0.1, 0.15) is 5.69 Å². The van der Waals surface area contributed by atoms with E-state index in [-0.39, 0.29) is 5.75 Å². The van der Waals surface area contributed by atoms with Crippen molar-refractivity contribution in [3.8, 4) is 17.4 Å². The highest BCUT2D eigenvalue weighted by Crippen LogP contribution is 2.26. The molecule has 0 aliphatic rings. The molecule has 2 aromatic rings. The van der Waals surface area contributed by atoms with Crippen molar-refractivity contribution in [1.82, 2.24) is 10.3 Å². The maximum Gasteiger partial charge on any atom is 0.573 e. The predicted molar refractivity (Wildman–Crippen MR) is 70.2 cm³/mol. The van der Waals surface area contributed by atoms with E-state index in [0.717, 1.165) is 5.69 Å². The molecule has 2 rings (SSSR count). The summed E-state index contributed by atoms with van der Waals surface area (Å²) < 4.78 is 45.4. The summed E-state index contributed by atoms with van der Waals surface area (Å²) >= 11 is 0. The number of aromatic nitrogens is 1. The van der Waals surface area contributed by atoms with Crippen molar-refractivity contribution in [2.45, 2.75) is 12.9 Å². The van der Waals surface area contributed by atoms with Gasteiger partial charge in [0.15, 0.2) is 0 Å². The molecular weight excluding hydrogens is 285 g/mol. The first-order valence-electron chi connectivity index (χ1n) is 6.10. The second kappa shape index (κ2) is 6.45. The lowest BCUT2D eigenvalue weighted by Gasteiger charge is -2.10. The second-order valence-corrected chi connectivity index (χ2v) is 4.12. The molecule has 21 heavy (non-hydrogen) atoms. The van der Waals surface area contributed by atoms with Crippen molar-refractivity contribution in [3.63, 3.8) is 0 Å². The molecule has 0 amide bonds. The van der Waals surface area contributed by atoms with Gasteiger partial charge in [0, 0.05) is 12.6 Å². The minimum atomic E-state index is -4.70. The van der Waals surface area contributed by atoms with Gasteiger partial charge in [-0.2, -0.15) is 0 Å². The van der Waals surface area contributed by atoms with Crippen LogP contribution in [0.2, 0.25) is 0 Å². The summed E-state index contributed by atoms with van der Waals surface area (Å²) in [6.45, 7) is 0.593. The molecule has 0 saturated heterocycles. The Morgan fingerprint density at radius 3 is 2.33 bits per heavy atom. The monoisotopic (exact) mass is 298 g/mol. The summed E-state index contributed by atoms with van der Waals surface area (Å²) in [6, 6.07) is 10.4. The first-order chi connectivity index (χ1) is 9.96. The van der Waals surface area contributed by atoms with Crippen LogP contribution in [0.5, 0.6) is 17.4 Å². The number of halogens is 3. The number of benzene rings is 1. The average molecular weight is 298 g/mol. The molecule has 1 aromatic heterocycles. The average Bonchev–Trinajstić information content (AvgIpc) is 2.40. The standard InChI is InChI=1S/C14H13F3N2O2/c1-18-9-10-3-2-4-13(19-10)20-11-5-7-12(8-6-11)21-14(15,16)17/h2-8,18H,9H2,1H3. The highest BCUT2D eigenvalue weighted by Gasteiger charge is 2.30. The van der Waals surface area contributed by atoms with Crippen LogP contribution in [-0.4, -0.2) is 18.4 Å². The zero-order valence-electron chi connectivity index (χ0n) is 11.1. The van der Waals surface area contributed by atoms with Gasteiger partial charge < -0.3 is 14.8 Å². The molecule has 0 aliphatic heterocycles. The molecule has 0 bridgehead atoms. The fourth-order valence-electron chi connectivity index (χ4n) is 1.62. The fourth-order valence-corrected chi connectivity index (χ4v) is 1.62. The minimum Gasteiger partial charge on any atom is -0.439 e. The van der Waals surface area contributed by atoms with E-state index in [1.165, 1.54) is 24.3 Å². The first kappa shape index (κ1) is 15.1. The Bertz CT molecular complexity index is 586. The van der Waals surface area contributed by atoms with Crippen LogP contribution in [0, 0.1) is 0 Å². The molecule has 1 heterocycles. The van der Waals surface area contributed by atoms with Gasteiger partial charge in [-0.15, -0.1) is 13.2 Å². The topological polar surface area (TPSA) is 43.4 Å². The highest BCUT2D eigenvalue weighted by molar-refractivity contribution is 5.33. The molecule has 0 atom stereocenters. The number of hydrogen-bond donors (Lipinski definition) is 1. The van der Waals surface area contributed by atoms with E-state index < -0.39 is 6.36 Å². The molecule has 0 unspecified atom stereocenters. The lowest BCUT2D eigenvalue weighted by molar-refractivity contribution is -0.274. The van der Waals surface area contributed by atoms with Crippen molar-refractivity contribution in [2.75, 3.05) is 7.05 Å². The SMILES string of the molecule is CNCc1cccc(Oc2ccc(OC(F)(F)F)cc2)n1. The van der Waals surface area contributed by atoms with Crippen LogP contribution < -0.4 is 14.8 Å². The van der Waals surface area contributed by atoms with Crippen molar-refractivity contribution in [1.29, 1.82) is 0 Å². The van der Waals surface area contributed by atoms with E-state index in [4.69, 9.17) is 4.74 Å². The van der Waals surface area contributed by atoms with Gasteiger partial charge in [-0.05, 0) is 37.4 Å². The summed E-state index contributed by atoms with van der Waals surface area (Å²) in [5.74, 6) is 0.442. The maximum absolute atomic E-state index is 12.0. The Balaban J connectivity index is 2.04. The van der Waals surface area contributed by atoms with E-state index in [9.17, 15) is 13.2 Å². The van der Waals surface area contributed by atoms with E-state index in [0.29, 0.717) is 18.2 Å². The van der Waals surface area contributed by atoms with Gasteiger partial charge >= 0.3 is 6.36 Å². The van der Waals surface area contributed by atoms with Crippen LogP contribution in [0.3, 0.4) is 0 Å². The molecule has 0 aliphatic carbocycles. The lowest BCUT2D eigenvalue weighted by atomic mass is 10.3. The Labute approximate surface area is 119 Å². The van der Waals surface area contributed by atoms with E-state index in [2.05, 4.69) is 15.0 Å². The van der Waals surface area contributed by atoms with E-state index in [1.807, 2.05) is 6.07 Å². The second-order valence-electron chi connectivity index (χ2n) is 4.12. The van der Waals surface area contributed by atoms with E-state index in [1.54, 1.807) is 19.2 Å². The molecule has 0 spiro atoms. The number of hydrogen-bond acceptors (Lipinski definition) is 4. The summed E-state index contributed by atoms with van der Waals surface area (Å²) in [7, 11) is 1.80. The number of nitrogens with one attached hydrogen (secondary N) is 1. The zero-order chi connectivity index (χ0) is 15.3. The van der Waals surface area contributed by atoms with Crippen LogP contribution >= 0.6 is 0 Å². The zero-order valence-corrected chi connectivity index (χ0v) is 11.1. The number of rotatable bonds is 5. The van der Waals surface area contributed by atoms with Crippen molar-refractivity contribution < 1.29 is 22.6 Å². The molecule has 0 saturated carbocycles. The third-order valence-electron chi connectivity index (χ3n) is 2.42. The molecule has 1 aromatic carbocycles. The Morgan fingerprint density at radius 2 is 1.71 bits per heavy atom. The van der Waals surface area contributed by atoms with Gasteiger partial charge in [0.25, 0.3) is 0 Å². The smallest absolute Gasteiger partial charge is 0.439 e. The largest absolute Gasteiger partial charge is 0.573 e. The Kier molecular flexibility index (Phi) is 4.64. The minimum absolute atomic E-state index is 0.299. The normalized spacial score (nSPS) is 11.2. The van der Waals surface area contributed by atoms with Crippen molar-refractivity contribution >= 4 is 0 Å². The van der Waals surface area contributed by atoms with Crippen LogP contribution in [-0.2, 0) is 6.54 Å². The van der Waals surface area contributed by atoms with E-state index >= 15 is 0 Å². The van der Waals surface area contributed by atoms with Gasteiger partial charge in [0.2, 0.25) is 5.88 Å². The summed E-state index contributed by atoms with van der Waals surface area (Å²) in [5.41, 5.74) is 0.798. The van der Waals surface area contributed by atoms with Gasteiger partial charge in [-0.3, -0.25) is 0 Å². The number of ether oxygens (including phenoxy) is 2. The van der Waals surface area contributed by atoms with Crippen LogP contribution in [0.15, 0.2) is 42.5 Å². The van der Waals surface area contributed by atoms with Crippen LogP contribution in [0.25, 0.3) is 0 Å². The first-order valence-corrected chi connectivity index (χ1v) is 6.10. The number of alkyl halides is 3. The molecule has 0 fully saturated rings. The molecule has 1 N–H and O–H groups in total. The Hall–Kier alpha value is -2.28. The molecule has 112 valence electrons. The Morgan fingerprint density at radius 1 is 1.05 bits per heavy atom. The van der Waals surface area contributed by atoms with Gasteiger partial charge in [0.05, 0.1) is 5.69 Å². The molecular formula is C14H13F3N2O2. The highest BCUT2D eigenvalue weighted by atomic mass is 19.4. The molecule has 0 radical (unpaired) electrons. The molecule has 4 nitrogen and oxygen atoms in total. The van der Waals surface area contributed by atoms with Crippen molar-refractivity contribution in [3.05, 3.63) is 48.2 Å². The predicted octanol–water partition coefficient (Wildman–Crippen LogP) is 3.49. The maximum atomic E-state index is 12.0. The number of nitrogens with zero attached hydrogens (tertiary/aromatic N) is 1. The summed E-state index contributed by atoms with van der Waals surface area (Å²) in [4.78, 5) is 4.24. The number of pyridine rings is 1. The molecule has 7 heteroatoms. The quantitative estimate of drug-likeness (QED) is 0.917.